The van der Waals surface area contributed by atoms with Crippen LogP contribution < -0.4 is 4.90 Å². The molecule has 0 spiro atoms. The van der Waals surface area contributed by atoms with Gasteiger partial charge in [0.05, 0.1) is 17.4 Å². The second-order valence-electron chi connectivity index (χ2n) is 5.87. The molecule has 1 aliphatic heterocycles. The minimum absolute atomic E-state index is 0.224. The number of furan rings is 1. The minimum Gasteiger partial charge on any atom is -0.464 e. The van der Waals surface area contributed by atoms with Gasteiger partial charge in [-0.25, -0.2) is 4.98 Å². The largest absolute Gasteiger partial charge is 0.464 e. The summed E-state index contributed by atoms with van der Waals surface area (Å²) >= 11 is 0. The summed E-state index contributed by atoms with van der Waals surface area (Å²) in [5, 5.41) is 8.78. The molecule has 22 heavy (non-hydrogen) atoms. The molecular weight excluding hydrogens is 276 g/mol. The van der Waals surface area contributed by atoms with Crippen molar-refractivity contribution in [1.29, 1.82) is 0 Å². The number of rotatable bonds is 4. The van der Waals surface area contributed by atoms with E-state index in [2.05, 4.69) is 35.0 Å². The van der Waals surface area contributed by atoms with Crippen LogP contribution in [0.1, 0.15) is 62.1 Å². The van der Waals surface area contributed by atoms with E-state index in [9.17, 15) is 0 Å². The summed E-state index contributed by atoms with van der Waals surface area (Å²) in [4.78, 5) is 7.04. The van der Waals surface area contributed by atoms with Crippen LogP contribution in [-0.2, 0) is 12.8 Å². The van der Waals surface area contributed by atoms with Crippen LogP contribution in [0.4, 0.5) is 5.95 Å². The van der Waals surface area contributed by atoms with Gasteiger partial charge in [0.1, 0.15) is 11.5 Å². The van der Waals surface area contributed by atoms with E-state index >= 15 is 0 Å². The van der Waals surface area contributed by atoms with E-state index < -0.39 is 0 Å². The van der Waals surface area contributed by atoms with Crippen LogP contribution in [0.5, 0.6) is 0 Å². The van der Waals surface area contributed by atoms with Gasteiger partial charge in [-0.2, -0.15) is 5.10 Å². The molecule has 1 atom stereocenters. The molecule has 1 aliphatic rings. The molecule has 3 heterocycles. The summed E-state index contributed by atoms with van der Waals surface area (Å²) in [7, 11) is 0. The van der Waals surface area contributed by atoms with Gasteiger partial charge in [-0.05, 0) is 51.2 Å². The van der Waals surface area contributed by atoms with Crippen LogP contribution in [0.2, 0.25) is 0 Å². The SMILES string of the molecule is CCc1nnc(N2CCCCC2c2ccc(C)o2)nc1CC. The summed E-state index contributed by atoms with van der Waals surface area (Å²) in [6, 6.07) is 4.33. The number of piperidine rings is 1. The van der Waals surface area contributed by atoms with Crippen molar-refractivity contribution >= 4 is 5.95 Å². The Hall–Kier alpha value is -1.91. The molecule has 0 radical (unpaired) electrons. The van der Waals surface area contributed by atoms with E-state index in [1.54, 1.807) is 0 Å². The highest BCUT2D eigenvalue weighted by molar-refractivity contribution is 5.35. The van der Waals surface area contributed by atoms with Gasteiger partial charge in [-0.1, -0.05) is 13.8 Å². The molecule has 2 aromatic heterocycles. The molecule has 1 unspecified atom stereocenters. The Morgan fingerprint density at radius 3 is 2.64 bits per heavy atom. The Labute approximate surface area is 131 Å². The molecule has 0 aliphatic carbocycles. The minimum atomic E-state index is 0.224. The van der Waals surface area contributed by atoms with Crippen LogP contribution in [0, 0.1) is 6.92 Å². The fourth-order valence-electron chi connectivity index (χ4n) is 3.15. The highest BCUT2D eigenvalue weighted by Crippen LogP contribution is 2.34. The maximum Gasteiger partial charge on any atom is 0.246 e. The fraction of sp³-hybridized carbons (Fsp3) is 0.588. The average Bonchev–Trinajstić information content (AvgIpc) is 3.00. The standard InChI is InChI=1S/C17H24N4O/c1-4-13-14(5-2)19-20-17(18-13)21-11-7-6-8-15(21)16-10-9-12(3)22-16/h9-10,15H,4-8,11H2,1-3H3. The predicted molar refractivity (Wildman–Crippen MR) is 86.0 cm³/mol. The Morgan fingerprint density at radius 2 is 1.95 bits per heavy atom. The molecule has 3 rings (SSSR count). The third-order valence-electron chi connectivity index (χ3n) is 4.35. The summed E-state index contributed by atoms with van der Waals surface area (Å²) in [6.45, 7) is 7.16. The molecule has 0 amide bonds. The lowest BCUT2D eigenvalue weighted by molar-refractivity contribution is 0.377. The van der Waals surface area contributed by atoms with Crippen LogP contribution in [-0.4, -0.2) is 21.7 Å². The van der Waals surface area contributed by atoms with E-state index in [0.717, 1.165) is 61.1 Å². The number of nitrogens with zero attached hydrogens (tertiary/aromatic N) is 4. The molecule has 2 aromatic rings. The fourth-order valence-corrected chi connectivity index (χ4v) is 3.15. The zero-order chi connectivity index (χ0) is 15.5. The quantitative estimate of drug-likeness (QED) is 0.863. The first-order chi connectivity index (χ1) is 10.7. The monoisotopic (exact) mass is 300 g/mol. The maximum absolute atomic E-state index is 5.86. The van der Waals surface area contributed by atoms with Gasteiger partial charge in [0.15, 0.2) is 0 Å². The third-order valence-corrected chi connectivity index (χ3v) is 4.35. The summed E-state index contributed by atoms with van der Waals surface area (Å²) < 4.78 is 5.86. The second-order valence-corrected chi connectivity index (χ2v) is 5.87. The van der Waals surface area contributed by atoms with Gasteiger partial charge in [-0.3, -0.25) is 0 Å². The molecular formula is C17H24N4O. The molecule has 0 N–H and O–H groups in total. The van der Waals surface area contributed by atoms with Crippen LogP contribution in [0.3, 0.4) is 0 Å². The molecule has 1 fully saturated rings. The van der Waals surface area contributed by atoms with E-state index in [1.165, 1.54) is 6.42 Å². The lowest BCUT2D eigenvalue weighted by Gasteiger charge is -2.34. The van der Waals surface area contributed by atoms with E-state index in [4.69, 9.17) is 9.40 Å². The van der Waals surface area contributed by atoms with E-state index in [1.807, 2.05) is 13.0 Å². The Kier molecular flexibility index (Phi) is 4.41. The Bertz CT molecular complexity index is 637. The van der Waals surface area contributed by atoms with Crippen molar-refractivity contribution in [3.8, 4) is 0 Å². The van der Waals surface area contributed by atoms with Gasteiger partial charge in [0.2, 0.25) is 5.95 Å². The van der Waals surface area contributed by atoms with Gasteiger partial charge >= 0.3 is 0 Å². The van der Waals surface area contributed by atoms with Crippen LogP contribution in [0.25, 0.3) is 0 Å². The zero-order valence-corrected chi connectivity index (χ0v) is 13.7. The predicted octanol–water partition coefficient (Wildman–Crippen LogP) is 3.63. The van der Waals surface area contributed by atoms with E-state index in [0.29, 0.717) is 0 Å². The number of aryl methyl sites for hydroxylation is 3. The molecule has 118 valence electrons. The topological polar surface area (TPSA) is 55.1 Å². The summed E-state index contributed by atoms with van der Waals surface area (Å²) in [5.41, 5.74) is 2.07. The maximum atomic E-state index is 5.86. The normalized spacial score (nSPS) is 18.7. The van der Waals surface area contributed by atoms with Gasteiger partial charge in [-0.15, -0.1) is 5.10 Å². The second kappa shape index (κ2) is 6.46. The summed E-state index contributed by atoms with van der Waals surface area (Å²) in [5.74, 6) is 2.71. The highest BCUT2D eigenvalue weighted by Gasteiger charge is 2.29. The first kappa shape index (κ1) is 15.0. The van der Waals surface area contributed by atoms with Crippen molar-refractivity contribution in [2.75, 3.05) is 11.4 Å². The molecule has 1 saturated heterocycles. The average molecular weight is 300 g/mol. The molecule has 0 bridgehead atoms. The molecule has 0 saturated carbocycles. The van der Waals surface area contributed by atoms with Crippen molar-refractivity contribution in [3.05, 3.63) is 35.0 Å². The smallest absolute Gasteiger partial charge is 0.246 e. The van der Waals surface area contributed by atoms with Crippen molar-refractivity contribution in [3.63, 3.8) is 0 Å². The number of hydrogen-bond donors (Lipinski definition) is 0. The van der Waals surface area contributed by atoms with Gasteiger partial charge in [0, 0.05) is 6.54 Å². The lowest BCUT2D eigenvalue weighted by atomic mass is 10.0. The lowest BCUT2D eigenvalue weighted by Crippen LogP contribution is -2.35. The highest BCUT2D eigenvalue weighted by atomic mass is 16.3. The Morgan fingerprint density at radius 1 is 1.14 bits per heavy atom. The van der Waals surface area contributed by atoms with Crippen molar-refractivity contribution < 1.29 is 4.42 Å². The van der Waals surface area contributed by atoms with Crippen LogP contribution in [0.15, 0.2) is 16.5 Å². The van der Waals surface area contributed by atoms with Gasteiger partial charge < -0.3 is 9.32 Å². The number of aromatic nitrogens is 3. The van der Waals surface area contributed by atoms with Crippen LogP contribution >= 0.6 is 0 Å². The first-order valence-electron chi connectivity index (χ1n) is 8.28. The van der Waals surface area contributed by atoms with Gasteiger partial charge in [0.25, 0.3) is 0 Å². The third kappa shape index (κ3) is 2.85. The molecule has 0 aromatic carbocycles. The van der Waals surface area contributed by atoms with Crippen molar-refractivity contribution in [1.82, 2.24) is 15.2 Å². The van der Waals surface area contributed by atoms with Crippen molar-refractivity contribution in [2.24, 2.45) is 0 Å². The zero-order valence-electron chi connectivity index (χ0n) is 13.7. The Balaban J connectivity index is 1.93. The van der Waals surface area contributed by atoms with Crippen molar-refractivity contribution in [2.45, 2.75) is 58.9 Å². The number of anilines is 1. The first-order valence-corrected chi connectivity index (χ1v) is 8.28. The molecule has 5 heteroatoms. The number of hydrogen-bond acceptors (Lipinski definition) is 5. The molecule has 5 nitrogen and oxygen atoms in total. The van der Waals surface area contributed by atoms with E-state index in [-0.39, 0.29) is 6.04 Å². The summed E-state index contributed by atoms with van der Waals surface area (Å²) in [6.07, 6.45) is 5.22.